The Hall–Kier alpha value is -1.23. The fourth-order valence-corrected chi connectivity index (χ4v) is 3.34. The molecule has 84 valence electrons. The van der Waals surface area contributed by atoms with Crippen molar-refractivity contribution >= 4 is 23.2 Å². The van der Waals surface area contributed by atoms with Crippen molar-refractivity contribution in [1.29, 1.82) is 0 Å². The van der Waals surface area contributed by atoms with Crippen LogP contribution in [-0.2, 0) is 0 Å². The summed E-state index contributed by atoms with van der Waals surface area (Å²) in [4.78, 5) is 4.27. The van der Waals surface area contributed by atoms with Crippen LogP contribution in [0.5, 0.6) is 0 Å². The van der Waals surface area contributed by atoms with Crippen LogP contribution >= 0.6 is 11.8 Å². The molecule has 2 aromatic heterocycles. The molecule has 1 unspecified atom stereocenters. The number of aromatic nitrogens is 3. The summed E-state index contributed by atoms with van der Waals surface area (Å²) < 4.78 is 1.73. The van der Waals surface area contributed by atoms with Crippen LogP contribution in [0.25, 0.3) is 5.65 Å². The number of hydrogen-bond acceptors (Lipinski definition) is 4. The van der Waals surface area contributed by atoms with Gasteiger partial charge >= 0.3 is 0 Å². The molecule has 16 heavy (non-hydrogen) atoms. The lowest BCUT2D eigenvalue weighted by Crippen LogP contribution is -2.04. The van der Waals surface area contributed by atoms with Crippen LogP contribution in [0.2, 0.25) is 0 Å². The second kappa shape index (κ2) is 3.97. The van der Waals surface area contributed by atoms with Crippen LogP contribution in [0.15, 0.2) is 18.3 Å². The van der Waals surface area contributed by atoms with Gasteiger partial charge in [-0.15, -0.1) is 0 Å². The molecule has 1 fully saturated rings. The van der Waals surface area contributed by atoms with E-state index in [1.807, 2.05) is 11.8 Å². The monoisotopic (exact) mass is 234 g/mol. The summed E-state index contributed by atoms with van der Waals surface area (Å²) in [6.07, 6.45) is 5.57. The molecular weight excluding hydrogens is 220 g/mol. The predicted molar refractivity (Wildman–Crippen MR) is 66.4 cm³/mol. The first kappa shape index (κ1) is 9.96. The van der Waals surface area contributed by atoms with E-state index in [0.29, 0.717) is 11.1 Å². The molecule has 5 heteroatoms. The van der Waals surface area contributed by atoms with Crippen LogP contribution < -0.4 is 5.73 Å². The maximum Gasteiger partial charge on any atom is 0.157 e. The van der Waals surface area contributed by atoms with E-state index in [-0.39, 0.29) is 0 Å². The minimum atomic E-state index is 0.523. The Morgan fingerprint density at radius 3 is 3.12 bits per heavy atom. The van der Waals surface area contributed by atoms with Crippen molar-refractivity contribution in [2.45, 2.75) is 24.5 Å². The van der Waals surface area contributed by atoms with E-state index in [1.165, 1.54) is 25.0 Å². The molecule has 0 aromatic carbocycles. The van der Waals surface area contributed by atoms with Crippen molar-refractivity contribution in [3.63, 3.8) is 0 Å². The Morgan fingerprint density at radius 1 is 1.44 bits per heavy atom. The average Bonchev–Trinajstić information content (AvgIpc) is 2.76. The molecule has 1 aliphatic rings. The molecule has 0 radical (unpaired) electrons. The Bertz CT molecular complexity index is 502. The van der Waals surface area contributed by atoms with Gasteiger partial charge in [0.2, 0.25) is 0 Å². The lowest BCUT2D eigenvalue weighted by Gasteiger charge is -2.18. The lowest BCUT2D eigenvalue weighted by molar-refractivity contribution is 0.671. The summed E-state index contributed by atoms with van der Waals surface area (Å²) in [5, 5.41) is 5.07. The van der Waals surface area contributed by atoms with Crippen LogP contribution in [0.1, 0.15) is 30.2 Å². The predicted octanol–water partition coefficient (Wildman–Crippen LogP) is 2.27. The third kappa shape index (κ3) is 1.65. The number of fused-ring (bicyclic) bond motifs is 1. The Balaban J connectivity index is 2.01. The fourth-order valence-electron chi connectivity index (χ4n) is 2.06. The van der Waals surface area contributed by atoms with Gasteiger partial charge in [-0.2, -0.15) is 21.4 Å². The topological polar surface area (TPSA) is 56.2 Å². The van der Waals surface area contributed by atoms with Gasteiger partial charge in [0, 0.05) is 17.5 Å². The molecule has 0 amide bonds. The van der Waals surface area contributed by atoms with E-state index in [9.17, 15) is 0 Å². The quantitative estimate of drug-likeness (QED) is 0.822. The van der Waals surface area contributed by atoms with Gasteiger partial charge in [0.05, 0.1) is 5.69 Å². The summed E-state index contributed by atoms with van der Waals surface area (Å²) in [6, 6.07) is 3.83. The second-order valence-electron chi connectivity index (χ2n) is 4.06. The third-order valence-corrected chi connectivity index (χ3v) is 4.32. The van der Waals surface area contributed by atoms with Gasteiger partial charge < -0.3 is 5.73 Å². The van der Waals surface area contributed by atoms with E-state index >= 15 is 0 Å². The van der Waals surface area contributed by atoms with Crippen LogP contribution in [0.3, 0.4) is 0 Å². The smallest absolute Gasteiger partial charge is 0.157 e. The molecule has 1 aliphatic heterocycles. The van der Waals surface area contributed by atoms with Crippen molar-refractivity contribution in [2.24, 2.45) is 0 Å². The number of hydrogen-bond donors (Lipinski definition) is 1. The third-order valence-electron chi connectivity index (χ3n) is 2.92. The van der Waals surface area contributed by atoms with Gasteiger partial charge in [-0.1, -0.05) is 6.42 Å². The minimum absolute atomic E-state index is 0.523. The Labute approximate surface area is 98.2 Å². The highest BCUT2D eigenvalue weighted by Gasteiger charge is 2.19. The Morgan fingerprint density at radius 2 is 2.38 bits per heavy atom. The molecule has 1 atom stereocenters. The highest BCUT2D eigenvalue weighted by Crippen LogP contribution is 2.37. The summed E-state index contributed by atoms with van der Waals surface area (Å²) in [5.41, 5.74) is 7.82. The van der Waals surface area contributed by atoms with Gasteiger partial charge in [0.25, 0.3) is 0 Å². The highest BCUT2D eigenvalue weighted by molar-refractivity contribution is 7.99. The van der Waals surface area contributed by atoms with E-state index in [4.69, 9.17) is 5.73 Å². The molecule has 3 heterocycles. The van der Waals surface area contributed by atoms with Crippen molar-refractivity contribution in [3.8, 4) is 0 Å². The number of nitrogen functional groups attached to an aromatic ring is 1. The van der Waals surface area contributed by atoms with Crippen LogP contribution in [0.4, 0.5) is 5.82 Å². The van der Waals surface area contributed by atoms with Crippen molar-refractivity contribution in [2.75, 3.05) is 11.5 Å². The van der Waals surface area contributed by atoms with Crippen LogP contribution in [-0.4, -0.2) is 20.4 Å². The zero-order chi connectivity index (χ0) is 11.0. The molecule has 2 N–H and O–H groups in total. The number of nitrogens with zero attached hydrogens (tertiary/aromatic N) is 3. The molecule has 4 nitrogen and oxygen atoms in total. The fraction of sp³-hybridized carbons (Fsp3) is 0.455. The molecular formula is C11H14N4S. The maximum atomic E-state index is 5.85. The first-order chi connectivity index (χ1) is 7.84. The van der Waals surface area contributed by atoms with Crippen LogP contribution in [0, 0.1) is 0 Å². The van der Waals surface area contributed by atoms with E-state index in [1.54, 1.807) is 16.8 Å². The average molecular weight is 234 g/mol. The minimum Gasteiger partial charge on any atom is -0.384 e. The van der Waals surface area contributed by atoms with E-state index in [2.05, 4.69) is 16.1 Å². The van der Waals surface area contributed by atoms with Crippen molar-refractivity contribution in [1.82, 2.24) is 14.6 Å². The zero-order valence-corrected chi connectivity index (χ0v) is 9.78. The first-order valence-corrected chi connectivity index (χ1v) is 6.61. The Kier molecular flexibility index (Phi) is 2.47. The molecule has 0 saturated carbocycles. The molecule has 0 aliphatic carbocycles. The number of thioether (sulfide) groups is 1. The zero-order valence-electron chi connectivity index (χ0n) is 8.97. The molecule has 0 spiro atoms. The van der Waals surface area contributed by atoms with Crippen molar-refractivity contribution < 1.29 is 0 Å². The van der Waals surface area contributed by atoms with E-state index < -0.39 is 0 Å². The molecule has 1 saturated heterocycles. The second-order valence-corrected chi connectivity index (χ2v) is 5.37. The summed E-state index contributed by atoms with van der Waals surface area (Å²) in [7, 11) is 0. The highest BCUT2D eigenvalue weighted by atomic mass is 32.2. The summed E-state index contributed by atoms with van der Waals surface area (Å²) in [5.74, 6) is 1.89. The number of rotatable bonds is 1. The SMILES string of the molecule is Nc1ccnc2cc(C3CCCCS3)nn12. The van der Waals surface area contributed by atoms with Gasteiger partial charge in [0.1, 0.15) is 5.82 Å². The van der Waals surface area contributed by atoms with Gasteiger partial charge in [-0.25, -0.2) is 4.98 Å². The molecule has 2 aromatic rings. The standard InChI is InChI=1S/C11H14N4S/c12-10-4-5-13-11-7-8(14-15(10)11)9-3-1-2-6-16-9/h4-5,7,9H,1-3,6,12H2. The van der Waals surface area contributed by atoms with E-state index in [0.717, 1.165) is 11.3 Å². The number of anilines is 1. The normalized spacial score (nSPS) is 21.4. The molecule has 3 rings (SSSR count). The molecule has 0 bridgehead atoms. The lowest BCUT2D eigenvalue weighted by atomic mass is 10.1. The maximum absolute atomic E-state index is 5.85. The summed E-state index contributed by atoms with van der Waals surface area (Å²) in [6.45, 7) is 0. The van der Waals surface area contributed by atoms with Gasteiger partial charge in [0.15, 0.2) is 5.65 Å². The number of nitrogens with two attached hydrogens (primary N) is 1. The first-order valence-electron chi connectivity index (χ1n) is 5.56. The largest absolute Gasteiger partial charge is 0.384 e. The van der Waals surface area contributed by atoms with Crippen molar-refractivity contribution in [3.05, 3.63) is 24.0 Å². The van der Waals surface area contributed by atoms with Gasteiger partial charge in [-0.05, 0) is 24.7 Å². The van der Waals surface area contributed by atoms with Gasteiger partial charge in [-0.3, -0.25) is 0 Å². The summed E-state index contributed by atoms with van der Waals surface area (Å²) >= 11 is 1.99.